The molecule has 2 atom stereocenters. The number of pyridine rings is 1. The third kappa shape index (κ3) is 5.36. The highest BCUT2D eigenvalue weighted by Gasteiger charge is 2.42. The average molecular weight is 578 g/mol. The Hall–Kier alpha value is -4.42. The van der Waals surface area contributed by atoms with Gasteiger partial charge < -0.3 is 24.3 Å². The summed E-state index contributed by atoms with van der Waals surface area (Å²) in [4.78, 5) is 18.5. The molecule has 1 fully saturated rings. The zero-order valence-electron chi connectivity index (χ0n) is 21.9. The summed E-state index contributed by atoms with van der Waals surface area (Å²) in [6, 6.07) is 21.2. The van der Waals surface area contributed by atoms with Crippen molar-refractivity contribution in [3.63, 3.8) is 0 Å². The van der Waals surface area contributed by atoms with Gasteiger partial charge in [0.05, 0.1) is 43.5 Å². The molecule has 2 aromatic heterocycles. The minimum atomic E-state index is -3.57. The number of methoxy groups -OCH3 is 2. The first-order chi connectivity index (χ1) is 19.2. The topological polar surface area (TPSA) is 115 Å². The van der Waals surface area contributed by atoms with Crippen LogP contribution in [-0.2, 0) is 14.8 Å². The van der Waals surface area contributed by atoms with Crippen LogP contribution in [0.3, 0.4) is 0 Å². The monoisotopic (exact) mass is 577 g/mol. The van der Waals surface area contributed by atoms with E-state index >= 15 is 0 Å². The van der Waals surface area contributed by atoms with E-state index in [-0.39, 0.29) is 12.1 Å². The minimum Gasteiger partial charge on any atom is -0.495 e. The molecule has 0 radical (unpaired) electrons. The molecule has 2 unspecified atom stereocenters. The van der Waals surface area contributed by atoms with Crippen molar-refractivity contribution >= 4 is 44.7 Å². The van der Waals surface area contributed by atoms with Gasteiger partial charge in [-0.1, -0.05) is 6.07 Å². The number of rotatable bonds is 8. The molecule has 10 nitrogen and oxygen atoms in total. The summed E-state index contributed by atoms with van der Waals surface area (Å²) in [5.41, 5.74) is 3.90. The fraction of sp³-hybridized carbons (Fsp3) is 0.179. The third-order valence-corrected chi connectivity index (χ3v) is 7.41. The Morgan fingerprint density at radius 2 is 1.77 bits per heavy atom. The Morgan fingerprint density at radius 3 is 2.42 bits per heavy atom. The molecule has 2 N–H and O–H groups in total. The molecule has 0 spiro atoms. The van der Waals surface area contributed by atoms with E-state index in [4.69, 9.17) is 21.7 Å². The van der Waals surface area contributed by atoms with Gasteiger partial charge in [0.1, 0.15) is 11.8 Å². The van der Waals surface area contributed by atoms with E-state index in [2.05, 4.69) is 15.0 Å². The SMILES string of the molecule is COC(=O)c1ccc(-n2cccc2C2C(c3ccccn3)NC(=S)N2c2ccc(OC)c(NS(C)(=O)=O)c2)cc1. The zero-order chi connectivity index (χ0) is 28.4. The maximum Gasteiger partial charge on any atom is 0.337 e. The summed E-state index contributed by atoms with van der Waals surface area (Å²) in [7, 11) is -0.752. The van der Waals surface area contributed by atoms with Crippen molar-refractivity contribution in [2.75, 3.05) is 30.1 Å². The predicted molar refractivity (Wildman–Crippen MR) is 157 cm³/mol. The Balaban J connectivity index is 1.64. The lowest BCUT2D eigenvalue weighted by atomic mass is 10.0. The van der Waals surface area contributed by atoms with Gasteiger partial charge in [0.2, 0.25) is 10.0 Å². The molecule has 0 aliphatic carbocycles. The number of benzene rings is 2. The van der Waals surface area contributed by atoms with Crippen LogP contribution in [0, 0.1) is 0 Å². The minimum absolute atomic E-state index is 0.291. The van der Waals surface area contributed by atoms with Crippen molar-refractivity contribution in [2.24, 2.45) is 0 Å². The van der Waals surface area contributed by atoms with Crippen LogP contribution >= 0.6 is 12.2 Å². The number of nitrogens with one attached hydrogen (secondary N) is 2. The molecular weight excluding hydrogens is 550 g/mol. The molecule has 12 heteroatoms. The highest BCUT2D eigenvalue weighted by atomic mass is 32.2. The lowest BCUT2D eigenvalue weighted by Crippen LogP contribution is -2.30. The van der Waals surface area contributed by atoms with Gasteiger partial charge in [0.15, 0.2) is 5.11 Å². The molecule has 40 heavy (non-hydrogen) atoms. The van der Waals surface area contributed by atoms with Crippen LogP contribution in [0.2, 0.25) is 0 Å². The Morgan fingerprint density at radius 1 is 1.02 bits per heavy atom. The molecule has 5 rings (SSSR count). The van der Waals surface area contributed by atoms with Gasteiger partial charge in [0, 0.05) is 29.5 Å². The maximum atomic E-state index is 12.1. The van der Waals surface area contributed by atoms with Gasteiger partial charge in [-0.3, -0.25) is 9.71 Å². The lowest BCUT2D eigenvalue weighted by molar-refractivity contribution is 0.0600. The van der Waals surface area contributed by atoms with Crippen molar-refractivity contribution < 1.29 is 22.7 Å². The number of thiocarbonyl (C=S) groups is 1. The van der Waals surface area contributed by atoms with Crippen molar-refractivity contribution in [3.05, 3.63) is 102 Å². The molecule has 0 bridgehead atoms. The number of carbonyl (C=O) groups excluding carboxylic acids is 1. The van der Waals surface area contributed by atoms with E-state index in [1.807, 2.05) is 64.2 Å². The first-order valence-electron chi connectivity index (χ1n) is 12.2. The fourth-order valence-corrected chi connectivity index (χ4v) is 5.71. The first-order valence-corrected chi connectivity index (χ1v) is 14.5. The molecule has 1 aliphatic heterocycles. The van der Waals surface area contributed by atoms with Crippen molar-refractivity contribution in [1.82, 2.24) is 14.9 Å². The smallest absolute Gasteiger partial charge is 0.337 e. The third-order valence-electron chi connectivity index (χ3n) is 6.50. The number of aromatic nitrogens is 2. The number of esters is 1. The van der Waals surface area contributed by atoms with Gasteiger partial charge >= 0.3 is 5.97 Å². The van der Waals surface area contributed by atoms with Crippen molar-refractivity contribution in [2.45, 2.75) is 12.1 Å². The van der Waals surface area contributed by atoms with Crippen LogP contribution in [0.15, 0.2) is 85.2 Å². The summed E-state index contributed by atoms with van der Waals surface area (Å²) in [5.74, 6) is -0.0387. The molecule has 1 saturated heterocycles. The maximum absolute atomic E-state index is 12.1. The van der Waals surface area contributed by atoms with Gasteiger partial charge in [0.25, 0.3) is 0 Å². The number of hydrogen-bond donors (Lipinski definition) is 2. The Bertz CT molecular complexity index is 1660. The first kappa shape index (κ1) is 27.2. The van der Waals surface area contributed by atoms with Crippen molar-refractivity contribution in [3.8, 4) is 11.4 Å². The van der Waals surface area contributed by atoms with E-state index in [9.17, 15) is 13.2 Å². The predicted octanol–water partition coefficient (Wildman–Crippen LogP) is 4.22. The standard InChI is InChI=1S/C28H27N5O5S2/c1-37-24-14-13-20(17-22(24)31-40(3,35)36)33-26(25(30-28(33)39)21-7-4-5-15-29-21)23-8-6-16-32(23)19-11-9-18(10-12-19)27(34)38-2/h4-17,25-26,31H,1-3H3,(H,30,39). The number of hydrogen-bond acceptors (Lipinski definition) is 7. The van der Waals surface area contributed by atoms with Crippen LogP contribution in [0.25, 0.3) is 5.69 Å². The van der Waals surface area contributed by atoms with Gasteiger partial charge in [-0.2, -0.15) is 0 Å². The second kappa shape index (κ2) is 11.0. The lowest BCUT2D eigenvalue weighted by Gasteiger charge is -2.29. The van der Waals surface area contributed by atoms with E-state index in [1.54, 1.807) is 30.5 Å². The molecule has 0 saturated carbocycles. The number of anilines is 2. The van der Waals surface area contributed by atoms with Crippen LogP contribution in [0.5, 0.6) is 5.75 Å². The number of nitrogens with zero attached hydrogens (tertiary/aromatic N) is 3. The normalized spacial score (nSPS) is 16.9. The van der Waals surface area contributed by atoms with E-state index in [1.165, 1.54) is 14.2 Å². The van der Waals surface area contributed by atoms with Gasteiger partial charge in [-0.15, -0.1) is 0 Å². The van der Waals surface area contributed by atoms with E-state index < -0.39 is 16.0 Å². The summed E-state index contributed by atoms with van der Waals surface area (Å²) in [6.07, 6.45) is 4.74. The summed E-state index contributed by atoms with van der Waals surface area (Å²) < 4.78 is 38.9. The average Bonchev–Trinajstić information content (AvgIpc) is 3.56. The molecule has 2 aromatic carbocycles. The molecule has 3 heterocycles. The number of carbonyl (C=O) groups is 1. The Labute approximate surface area is 237 Å². The van der Waals surface area contributed by atoms with E-state index in [0.717, 1.165) is 23.3 Å². The van der Waals surface area contributed by atoms with Crippen LogP contribution in [0.1, 0.15) is 33.8 Å². The van der Waals surface area contributed by atoms with Crippen molar-refractivity contribution in [1.29, 1.82) is 0 Å². The van der Waals surface area contributed by atoms with Crippen LogP contribution in [-0.4, -0.2) is 49.5 Å². The highest BCUT2D eigenvalue weighted by Crippen LogP contribution is 2.43. The van der Waals surface area contributed by atoms with Gasteiger partial charge in [-0.05, 0) is 78.9 Å². The quantitative estimate of drug-likeness (QED) is 0.235. The highest BCUT2D eigenvalue weighted by molar-refractivity contribution is 7.92. The van der Waals surface area contributed by atoms with Crippen LogP contribution < -0.4 is 19.7 Å². The molecule has 1 aliphatic rings. The number of sulfonamides is 1. The zero-order valence-corrected chi connectivity index (χ0v) is 23.6. The molecule has 4 aromatic rings. The Kier molecular flexibility index (Phi) is 7.46. The second-order valence-electron chi connectivity index (χ2n) is 9.10. The summed E-state index contributed by atoms with van der Waals surface area (Å²) >= 11 is 5.84. The van der Waals surface area contributed by atoms with Crippen LogP contribution in [0.4, 0.5) is 11.4 Å². The largest absolute Gasteiger partial charge is 0.495 e. The fourth-order valence-electron chi connectivity index (χ4n) is 4.80. The van der Waals surface area contributed by atoms with E-state index in [0.29, 0.717) is 27.8 Å². The number of ether oxygens (including phenoxy) is 2. The molecule has 206 valence electrons. The summed E-state index contributed by atoms with van der Waals surface area (Å²) in [6.45, 7) is 0. The summed E-state index contributed by atoms with van der Waals surface area (Å²) in [5, 5.41) is 3.86. The molecule has 0 amide bonds. The molecular formula is C28H27N5O5S2. The second-order valence-corrected chi connectivity index (χ2v) is 11.2. The van der Waals surface area contributed by atoms with Gasteiger partial charge in [-0.25, -0.2) is 13.2 Å².